The number of aromatic nitrogens is 2. The molecule has 0 aromatic carbocycles. The van der Waals surface area contributed by atoms with Crippen molar-refractivity contribution in [3.8, 4) is 0 Å². The molecule has 0 spiro atoms. The Kier molecular flexibility index (Phi) is 36.1. The zero-order valence-electron chi connectivity index (χ0n) is 36.8. The molecule has 322 valence electrons. The third kappa shape index (κ3) is 33.9. The van der Waals surface area contributed by atoms with Crippen LogP contribution in [0.25, 0.3) is 0 Å². The number of hydrogen-bond acceptors (Lipinski definition) is 8. The lowest BCUT2D eigenvalue weighted by Gasteiger charge is -2.21. The maximum Gasteiger partial charge on any atom is 0.306 e. The van der Waals surface area contributed by atoms with Crippen LogP contribution in [0.1, 0.15) is 244 Å². The van der Waals surface area contributed by atoms with Crippen LogP contribution in [-0.2, 0) is 25.5 Å². The topological polar surface area (TPSA) is 94.8 Å². The molecule has 0 atom stereocenters. The number of ether oxygens (including phenoxy) is 2. The van der Waals surface area contributed by atoms with E-state index in [0.29, 0.717) is 25.3 Å². The quantitative estimate of drug-likeness (QED) is 0.0478. The first-order valence-corrected chi connectivity index (χ1v) is 23.8. The molecule has 8 nitrogen and oxygen atoms in total. The van der Waals surface area contributed by atoms with E-state index < -0.39 is 0 Å². The van der Waals surface area contributed by atoms with Gasteiger partial charge in [0.2, 0.25) is 5.89 Å². The molecule has 0 N–H and O–H groups in total. The summed E-state index contributed by atoms with van der Waals surface area (Å²) in [5.41, 5.74) is 0. The van der Waals surface area contributed by atoms with Gasteiger partial charge in [-0.05, 0) is 77.8 Å². The Morgan fingerprint density at radius 1 is 0.545 bits per heavy atom. The highest BCUT2D eigenvalue weighted by Gasteiger charge is 2.15. The van der Waals surface area contributed by atoms with Crippen molar-refractivity contribution in [3.05, 3.63) is 11.7 Å². The zero-order valence-corrected chi connectivity index (χ0v) is 36.8. The standard InChI is InChI=1S/C47H89N3O5/c1-5-8-11-14-17-26-33-42-53-46(51)36-29-22-18-24-31-39-50(41-38-45-48-43(4)49-55-45)40-32-25-19-23-30-37-47(52)54-44(34-27-20-15-12-9-6-2)35-28-21-16-13-10-7-3/h44H,5-42H2,1-4H3. The zero-order chi connectivity index (χ0) is 39.9. The van der Waals surface area contributed by atoms with Crippen LogP contribution in [0, 0.1) is 6.92 Å². The highest BCUT2D eigenvalue weighted by Crippen LogP contribution is 2.19. The van der Waals surface area contributed by atoms with Gasteiger partial charge in [-0.2, -0.15) is 4.98 Å². The average Bonchev–Trinajstić information content (AvgIpc) is 3.60. The van der Waals surface area contributed by atoms with Gasteiger partial charge in [0.25, 0.3) is 0 Å². The van der Waals surface area contributed by atoms with Crippen LogP contribution in [0.3, 0.4) is 0 Å². The Morgan fingerprint density at radius 3 is 1.47 bits per heavy atom. The predicted octanol–water partition coefficient (Wildman–Crippen LogP) is 13.6. The second kappa shape index (κ2) is 38.9. The van der Waals surface area contributed by atoms with E-state index in [1.807, 2.05) is 6.92 Å². The largest absolute Gasteiger partial charge is 0.466 e. The third-order valence-electron chi connectivity index (χ3n) is 11.0. The van der Waals surface area contributed by atoms with Gasteiger partial charge in [0.1, 0.15) is 6.10 Å². The minimum atomic E-state index is -0.0282. The summed E-state index contributed by atoms with van der Waals surface area (Å²) in [4.78, 5) is 31.9. The van der Waals surface area contributed by atoms with Crippen molar-refractivity contribution >= 4 is 11.9 Å². The Hall–Kier alpha value is -1.96. The number of esters is 2. The van der Waals surface area contributed by atoms with E-state index in [0.717, 1.165) is 103 Å². The van der Waals surface area contributed by atoms with Crippen molar-refractivity contribution in [2.24, 2.45) is 0 Å². The van der Waals surface area contributed by atoms with Gasteiger partial charge in [0.05, 0.1) is 6.61 Å². The van der Waals surface area contributed by atoms with E-state index in [1.165, 1.54) is 128 Å². The summed E-state index contributed by atoms with van der Waals surface area (Å²) in [5, 5.41) is 3.96. The van der Waals surface area contributed by atoms with Crippen LogP contribution in [0.5, 0.6) is 0 Å². The Morgan fingerprint density at radius 2 is 0.982 bits per heavy atom. The number of aryl methyl sites for hydroxylation is 1. The monoisotopic (exact) mass is 776 g/mol. The molecule has 8 heteroatoms. The molecule has 1 rings (SSSR count). The highest BCUT2D eigenvalue weighted by atomic mass is 16.5. The lowest BCUT2D eigenvalue weighted by Crippen LogP contribution is -2.28. The normalized spacial score (nSPS) is 11.6. The molecule has 55 heavy (non-hydrogen) atoms. The second-order valence-electron chi connectivity index (χ2n) is 16.4. The van der Waals surface area contributed by atoms with Crippen LogP contribution < -0.4 is 0 Å². The van der Waals surface area contributed by atoms with E-state index in [9.17, 15) is 9.59 Å². The SMILES string of the molecule is CCCCCCCCCOC(=O)CCCCCCCN(CCCCCCCC(=O)OC(CCCCCCCC)CCCCCCCC)CCc1nc(C)no1. The molecule has 0 amide bonds. The predicted molar refractivity (Wildman–Crippen MR) is 229 cm³/mol. The molecule has 0 radical (unpaired) electrons. The third-order valence-corrected chi connectivity index (χ3v) is 11.0. The van der Waals surface area contributed by atoms with Crippen molar-refractivity contribution in [2.75, 3.05) is 26.2 Å². The lowest BCUT2D eigenvalue weighted by molar-refractivity contribution is -0.150. The summed E-state index contributed by atoms with van der Waals surface area (Å²) in [6, 6.07) is 0. The average molecular weight is 776 g/mol. The van der Waals surface area contributed by atoms with Crippen molar-refractivity contribution in [2.45, 2.75) is 252 Å². The van der Waals surface area contributed by atoms with Crippen molar-refractivity contribution in [1.29, 1.82) is 0 Å². The maximum absolute atomic E-state index is 12.8. The van der Waals surface area contributed by atoms with Gasteiger partial charge >= 0.3 is 11.9 Å². The fourth-order valence-electron chi connectivity index (χ4n) is 7.43. The van der Waals surface area contributed by atoms with Gasteiger partial charge in [-0.3, -0.25) is 9.59 Å². The number of nitrogens with zero attached hydrogens (tertiary/aromatic N) is 3. The molecule has 1 aromatic rings. The summed E-state index contributed by atoms with van der Waals surface area (Å²) in [6.45, 7) is 12.3. The summed E-state index contributed by atoms with van der Waals surface area (Å²) < 4.78 is 16.9. The van der Waals surface area contributed by atoms with Crippen LogP contribution in [0.15, 0.2) is 4.52 Å². The fraction of sp³-hybridized carbons (Fsp3) is 0.915. The minimum Gasteiger partial charge on any atom is -0.466 e. The summed E-state index contributed by atoms with van der Waals surface area (Å²) in [6.07, 6.45) is 39.1. The molecule has 0 bridgehead atoms. The van der Waals surface area contributed by atoms with Crippen LogP contribution in [0.2, 0.25) is 0 Å². The van der Waals surface area contributed by atoms with Crippen molar-refractivity contribution in [3.63, 3.8) is 0 Å². The van der Waals surface area contributed by atoms with E-state index in [1.54, 1.807) is 0 Å². The van der Waals surface area contributed by atoms with Crippen molar-refractivity contribution < 1.29 is 23.6 Å². The molecular weight excluding hydrogens is 687 g/mol. The molecular formula is C47H89N3O5. The number of rotatable bonds is 42. The van der Waals surface area contributed by atoms with Crippen molar-refractivity contribution in [1.82, 2.24) is 15.0 Å². The molecule has 0 aliphatic heterocycles. The van der Waals surface area contributed by atoms with Crippen LogP contribution >= 0.6 is 0 Å². The van der Waals surface area contributed by atoms with Gasteiger partial charge in [-0.1, -0.05) is 167 Å². The fourth-order valence-corrected chi connectivity index (χ4v) is 7.43. The summed E-state index contributed by atoms with van der Waals surface area (Å²) >= 11 is 0. The number of carbonyl (C=O) groups is 2. The molecule has 0 aliphatic rings. The van der Waals surface area contributed by atoms with Crippen LogP contribution in [-0.4, -0.2) is 59.3 Å². The van der Waals surface area contributed by atoms with E-state index >= 15 is 0 Å². The lowest BCUT2D eigenvalue weighted by atomic mass is 10.0. The molecule has 0 saturated heterocycles. The van der Waals surface area contributed by atoms with E-state index in [4.69, 9.17) is 14.0 Å². The molecule has 1 aromatic heterocycles. The first-order valence-electron chi connectivity index (χ1n) is 23.8. The summed E-state index contributed by atoms with van der Waals surface area (Å²) in [5.74, 6) is 1.40. The minimum absolute atomic E-state index is 0.0168. The number of hydrogen-bond donors (Lipinski definition) is 0. The van der Waals surface area contributed by atoms with E-state index in [-0.39, 0.29) is 18.0 Å². The molecule has 0 aliphatic carbocycles. The van der Waals surface area contributed by atoms with Gasteiger partial charge in [0, 0.05) is 25.8 Å². The Bertz CT molecular complexity index is 970. The van der Waals surface area contributed by atoms with Crippen LogP contribution in [0.4, 0.5) is 0 Å². The number of unbranched alkanes of at least 4 members (excludes halogenated alkanes) is 24. The first-order chi connectivity index (χ1) is 27.0. The molecule has 0 fully saturated rings. The van der Waals surface area contributed by atoms with Gasteiger partial charge < -0.3 is 18.9 Å². The molecule has 1 heterocycles. The number of carbonyl (C=O) groups excluding carboxylic acids is 2. The van der Waals surface area contributed by atoms with Gasteiger partial charge in [-0.25, -0.2) is 0 Å². The Balaban J connectivity index is 2.26. The highest BCUT2D eigenvalue weighted by molar-refractivity contribution is 5.69. The Labute approximate surface area is 339 Å². The molecule has 0 saturated carbocycles. The van der Waals surface area contributed by atoms with Gasteiger partial charge in [0.15, 0.2) is 5.82 Å². The smallest absolute Gasteiger partial charge is 0.306 e. The first kappa shape index (κ1) is 51.1. The molecule has 0 unspecified atom stereocenters. The summed E-state index contributed by atoms with van der Waals surface area (Å²) in [7, 11) is 0. The maximum atomic E-state index is 12.8. The second-order valence-corrected chi connectivity index (χ2v) is 16.4. The van der Waals surface area contributed by atoms with Gasteiger partial charge in [-0.15, -0.1) is 0 Å². The van der Waals surface area contributed by atoms with E-state index in [2.05, 4.69) is 35.8 Å².